The van der Waals surface area contributed by atoms with E-state index in [9.17, 15) is 0 Å². The van der Waals surface area contributed by atoms with Crippen molar-refractivity contribution in [3.05, 3.63) is 72.1 Å². The van der Waals surface area contributed by atoms with Crippen LogP contribution in [0.5, 0.6) is 0 Å². The lowest BCUT2D eigenvalue weighted by Crippen LogP contribution is -2.16. The van der Waals surface area contributed by atoms with Crippen LogP contribution in [-0.2, 0) is 0 Å². The SMILES string of the molecule is C1=CC=C2C=Cc3ccccc3N2C=C1. The Morgan fingerprint density at radius 1 is 0.867 bits per heavy atom. The van der Waals surface area contributed by atoms with Gasteiger partial charge in [-0.1, -0.05) is 36.4 Å². The zero-order valence-corrected chi connectivity index (χ0v) is 8.30. The van der Waals surface area contributed by atoms with Crippen molar-refractivity contribution < 1.29 is 0 Å². The lowest BCUT2D eigenvalue weighted by molar-refractivity contribution is 1.19. The van der Waals surface area contributed by atoms with Crippen molar-refractivity contribution in [3.8, 4) is 0 Å². The zero-order chi connectivity index (χ0) is 10.1. The highest BCUT2D eigenvalue weighted by Crippen LogP contribution is 2.31. The minimum Gasteiger partial charge on any atom is -0.317 e. The Labute approximate surface area is 89.3 Å². The Balaban J connectivity index is 2.20. The molecular formula is C14H11N. The number of fused-ring (bicyclic) bond motifs is 3. The van der Waals surface area contributed by atoms with E-state index >= 15 is 0 Å². The highest BCUT2D eigenvalue weighted by Gasteiger charge is 2.14. The third kappa shape index (κ3) is 1.33. The van der Waals surface area contributed by atoms with Crippen molar-refractivity contribution >= 4 is 11.8 Å². The van der Waals surface area contributed by atoms with Crippen LogP contribution >= 0.6 is 0 Å². The molecule has 0 amide bonds. The third-order valence-electron chi connectivity index (χ3n) is 2.63. The summed E-state index contributed by atoms with van der Waals surface area (Å²) in [5.41, 5.74) is 3.71. The topological polar surface area (TPSA) is 3.24 Å². The Morgan fingerprint density at radius 3 is 2.80 bits per heavy atom. The zero-order valence-electron chi connectivity index (χ0n) is 8.30. The van der Waals surface area contributed by atoms with Gasteiger partial charge >= 0.3 is 0 Å². The molecule has 1 nitrogen and oxygen atoms in total. The molecule has 0 aliphatic carbocycles. The van der Waals surface area contributed by atoms with Crippen LogP contribution in [0.2, 0.25) is 0 Å². The number of hydrogen-bond donors (Lipinski definition) is 0. The smallest absolute Gasteiger partial charge is 0.0527 e. The summed E-state index contributed by atoms with van der Waals surface area (Å²) in [5.74, 6) is 0. The number of benzene rings is 1. The Morgan fingerprint density at radius 2 is 1.80 bits per heavy atom. The van der Waals surface area contributed by atoms with E-state index in [0.717, 1.165) is 0 Å². The molecule has 1 heteroatoms. The molecule has 0 radical (unpaired) electrons. The first-order valence-electron chi connectivity index (χ1n) is 5.07. The first kappa shape index (κ1) is 8.30. The predicted molar refractivity (Wildman–Crippen MR) is 64.3 cm³/mol. The van der Waals surface area contributed by atoms with Crippen LogP contribution in [0.3, 0.4) is 0 Å². The first-order valence-corrected chi connectivity index (χ1v) is 5.07. The summed E-state index contributed by atoms with van der Waals surface area (Å²) in [7, 11) is 0. The minimum atomic E-state index is 1.21. The summed E-state index contributed by atoms with van der Waals surface area (Å²) in [5, 5.41) is 0. The van der Waals surface area contributed by atoms with Crippen molar-refractivity contribution in [2.75, 3.05) is 4.90 Å². The molecular weight excluding hydrogens is 182 g/mol. The van der Waals surface area contributed by atoms with Crippen molar-refractivity contribution in [1.82, 2.24) is 0 Å². The van der Waals surface area contributed by atoms with Crippen LogP contribution in [0, 0.1) is 0 Å². The van der Waals surface area contributed by atoms with Gasteiger partial charge in [-0.2, -0.15) is 0 Å². The Hall–Kier alpha value is -2.02. The molecule has 3 rings (SSSR count). The maximum absolute atomic E-state index is 2.20. The second-order valence-electron chi connectivity index (χ2n) is 3.58. The summed E-state index contributed by atoms with van der Waals surface area (Å²) in [6.07, 6.45) is 14.7. The fourth-order valence-electron chi connectivity index (χ4n) is 1.90. The molecule has 0 saturated carbocycles. The third-order valence-corrected chi connectivity index (χ3v) is 2.63. The van der Waals surface area contributed by atoms with Gasteiger partial charge in [-0.25, -0.2) is 0 Å². The van der Waals surface area contributed by atoms with E-state index in [2.05, 4.69) is 65.7 Å². The van der Waals surface area contributed by atoms with E-state index in [1.54, 1.807) is 0 Å². The molecule has 1 aromatic rings. The summed E-state index contributed by atoms with van der Waals surface area (Å²) >= 11 is 0. The standard InChI is InChI=1S/C14H11N/c1-2-7-13-10-9-12-6-3-4-8-14(12)15(13)11-5-1/h1-11H. The molecule has 0 fully saturated rings. The van der Waals surface area contributed by atoms with E-state index in [-0.39, 0.29) is 0 Å². The maximum Gasteiger partial charge on any atom is 0.0527 e. The number of hydrogen-bond acceptors (Lipinski definition) is 1. The number of anilines is 1. The average Bonchev–Trinajstić information content (AvgIpc) is 2.54. The van der Waals surface area contributed by atoms with E-state index in [0.29, 0.717) is 0 Å². The lowest BCUT2D eigenvalue weighted by Gasteiger charge is -2.26. The van der Waals surface area contributed by atoms with Gasteiger partial charge in [0.05, 0.1) is 5.69 Å². The number of rotatable bonds is 0. The van der Waals surface area contributed by atoms with Gasteiger partial charge in [0.2, 0.25) is 0 Å². The van der Waals surface area contributed by atoms with Gasteiger partial charge in [-0.05, 0) is 29.9 Å². The Kier molecular flexibility index (Phi) is 1.82. The monoisotopic (exact) mass is 193 g/mol. The van der Waals surface area contributed by atoms with Crippen molar-refractivity contribution in [2.24, 2.45) is 0 Å². The summed E-state index contributed by atoms with van der Waals surface area (Å²) in [6.45, 7) is 0. The van der Waals surface area contributed by atoms with Crippen LogP contribution in [0.25, 0.3) is 6.08 Å². The fraction of sp³-hybridized carbons (Fsp3) is 0. The molecule has 2 aliphatic heterocycles. The van der Waals surface area contributed by atoms with E-state index in [1.165, 1.54) is 16.9 Å². The summed E-state index contributed by atoms with van der Waals surface area (Å²) in [4.78, 5) is 2.20. The van der Waals surface area contributed by atoms with Gasteiger partial charge in [0.25, 0.3) is 0 Å². The highest BCUT2D eigenvalue weighted by atomic mass is 15.1. The number of para-hydroxylation sites is 1. The van der Waals surface area contributed by atoms with Crippen LogP contribution in [0.1, 0.15) is 5.56 Å². The summed E-state index contributed by atoms with van der Waals surface area (Å²) < 4.78 is 0. The molecule has 72 valence electrons. The average molecular weight is 193 g/mol. The van der Waals surface area contributed by atoms with Gasteiger partial charge in [0, 0.05) is 11.9 Å². The molecule has 2 aliphatic rings. The highest BCUT2D eigenvalue weighted by molar-refractivity contribution is 5.78. The Bertz CT molecular complexity index is 504. The van der Waals surface area contributed by atoms with Crippen molar-refractivity contribution in [2.45, 2.75) is 0 Å². The predicted octanol–water partition coefficient (Wildman–Crippen LogP) is 3.49. The fourth-order valence-corrected chi connectivity index (χ4v) is 1.90. The van der Waals surface area contributed by atoms with E-state index in [4.69, 9.17) is 0 Å². The normalized spacial score (nSPS) is 16.8. The molecule has 0 N–H and O–H groups in total. The summed E-state index contributed by atoms with van der Waals surface area (Å²) in [6, 6.07) is 8.41. The number of nitrogens with zero attached hydrogens (tertiary/aromatic N) is 1. The lowest BCUT2D eigenvalue weighted by atomic mass is 10.1. The van der Waals surface area contributed by atoms with Gasteiger partial charge < -0.3 is 4.90 Å². The van der Waals surface area contributed by atoms with Gasteiger partial charge in [-0.15, -0.1) is 0 Å². The molecule has 0 bridgehead atoms. The quantitative estimate of drug-likeness (QED) is 0.609. The van der Waals surface area contributed by atoms with Crippen LogP contribution < -0.4 is 4.90 Å². The van der Waals surface area contributed by atoms with Gasteiger partial charge in [0.1, 0.15) is 0 Å². The molecule has 0 aromatic heterocycles. The largest absolute Gasteiger partial charge is 0.317 e. The maximum atomic E-state index is 2.20. The minimum absolute atomic E-state index is 1.21. The van der Waals surface area contributed by atoms with Crippen molar-refractivity contribution in [1.29, 1.82) is 0 Å². The van der Waals surface area contributed by atoms with Crippen LogP contribution in [0.15, 0.2) is 66.5 Å². The first-order chi connectivity index (χ1) is 7.45. The molecule has 0 saturated heterocycles. The molecule has 1 aromatic carbocycles. The van der Waals surface area contributed by atoms with Gasteiger partial charge in [0.15, 0.2) is 0 Å². The van der Waals surface area contributed by atoms with E-state index in [1.807, 2.05) is 6.08 Å². The molecule has 2 heterocycles. The molecule has 0 atom stereocenters. The number of allylic oxidation sites excluding steroid dienone is 5. The van der Waals surface area contributed by atoms with Crippen molar-refractivity contribution in [3.63, 3.8) is 0 Å². The molecule has 0 unspecified atom stereocenters. The van der Waals surface area contributed by atoms with Crippen LogP contribution in [0.4, 0.5) is 5.69 Å². The van der Waals surface area contributed by atoms with Crippen LogP contribution in [-0.4, -0.2) is 0 Å². The molecule has 15 heavy (non-hydrogen) atoms. The molecule has 0 spiro atoms. The van der Waals surface area contributed by atoms with Gasteiger partial charge in [-0.3, -0.25) is 0 Å². The van der Waals surface area contributed by atoms with E-state index < -0.39 is 0 Å². The second kappa shape index (κ2) is 3.28. The second-order valence-corrected chi connectivity index (χ2v) is 3.58.